The standard InChI is InChI=1S/C25H24N2O5S/c1-16-12-13-19(20(14-16)27(30)31)26-24(28)23(17-8-4-2-5-9-17)32-25(29)22-15-18-10-6-3-7-11-21(18)33-22/h2,4-5,8-9,12-15,23H,3,6-7,10-11H2,1H3,(H,26,28)/t23-/m0/s1. The van der Waals surface area contributed by atoms with Gasteiger partial charge in [0.25, 0.3) is 11.6 Å². The monoisotopic (exact) mass is 464 g/mol. The minimum atomic E-state index is -1.25. The number of carbonyl (C=O) groups excluding carboxylic acids is 2. The van der Waals surface area contributed by atoms with Crippen LogP contribution in [0.3, 0.4) is 0 Å². The molecule has 0 bridgehead atoms. The van der Waals surface area contributed by atoms with Crippen LogP contribution in [-0.4, -0.2) is 16.8 Å². The van der Waals surface area contributed by atoms with Gasteiger partial charge in [0.15, 0.2) is 0 Å². The van der Waals surface area contributed by atoms with Gasteiger partial charge in [-0.2, -0.15) is 0 Å². The molecule has 0 saturated carbocycles. The average Bonchev–Trinajstić information content (AvgIpc) is 3.09. The van der Waals surface area contributed by atoms with Gasteiger partial charge in [-0.15, -0.1) is 11.3 Å². The van der Waals surface area contributed by atoms with Crippen LogP contribution in [0.5, 0.6) is 0 Å². The van der Waals surface area contributed by atoms with Crippen LogP contribution in [0.2, 0.25) is 0 Å². The lowest BCUT2D eigenvalue weighted by Crippen LogP contribution is -2.26. The maximum absolute atomic E-state index is 13.2. The van der Waals surface area contributed by atoms with Gasteiger partial charge in [-0.1, -0.05) is 42.8 Å². The number of nitro benzene ring substituents is 1. The molecule has 1 aliphatic carbocycles. The van der Waals surface area contributed by atoms with E-state index in [2.05, 4.69) is 5.32 Å². The van der Waals surface area contributed by atoms with Crippen molar-refractivity contribution in [3.05, 3.63) is 91.2 Å². The number of hydrogen-bond acceptors (Lipinski definition) is 6. The van der Waals surface area contributed by atoms with Crippen molar-refractivity contribution in [2.75, 3.05) is 5.32 Å². The summed E-state index contributed by atoms with van der Waals surface area (Å²) < 4.78 is 5.68. The number of nitrogens with one attached hydrogen (secondary N) is 1. The predicted molar refractivity (Wildman–Crippen MR) is 127 cm³/mol. The van der Waals surface area contributed by atoms with Crippen LogP contribution in [0.15, 0.2) is 54.6 Å². The van der Waals surface area contributed by atoms with Crippen LogP contribution in [0.4, 0.5) is 11.4 Å². The summed E-state index contributed by atoms with van der Waals surface area (Å²) in [7, 11) is 0. The second-order valence-electron chi connectivity index (χ2n) is 8.08. The molecule has 8 heteroatoms. The SMILES string of the molecule is Cc1ccc(NC(=O)[C@@H](OC(=O)c2cc3c(s2)CCCCC3)c2ccccc2)c([N+](=O)[O-])c1. The number of carbonyl (C=O) groups is 2. The highest BCUT2D eigenvalue weighted by Gasteiger charge is 2.29. The van der Waals surface area contributed by atoms with E-state index in [4.69, 9.17) is 4.74 Å². The third-order valence-corrected chi connectivity index (χ3v) is 6.84. The van der Waals surface area contributed by atoms with Crippen molar-refractivity contribution >= 4 is 34.6 Å². The maximum atomic E-state index is 13.2. The molecule has 0 aliphatic heterocycles. The number of rotatable bonds is 6. The zero-order valence-electron chi connectivity index (χ0n) is 18.2. The van der Waals surface area contributed by atoms with Gasteiger partial charge in [0.2, 0.25) is 6.10 Å². The molecule has 7 nitrogen and oxygen atoms in total. The quantitative estimate of drug-likeness (QED) is 0.216. The first kappa shape index (κ1) is 22.7. The maximum Gasteiger partial charge on any atom is 0.349 e. The molecular formula is C25H24N2O5S. The molecule has 0 spiro atoms. The number of esters is 1. The van der Waals surface area contributed by atoms with Crippen molar-refractivity contribution in [2.24, 2.45) is 0 Å². The summed E-state index contributed by atoms with van der Waals surface area (Å²) in [6.45, 7) is 1.73. The Morgan fingerprint density at radius 3 is 2.58 bits per heavy atom. The lowest BCUT2D eigenvalue weighted by atomic mass is 10.1. The summed E-state index contributed by atoms with van der Waals surface area (Å²) in [5.41, 5.74) is 2.19. The van der Waals surface area contributed by atoms with E-state index in [1.54, 1.807) is 43.3 Å². The number of hydrogen-bond donors (Lipinski definition) is 1. The smallest absolute Gasteiger partial charge is 0.349 e. The molecule has 1 heterocycles. The molecule has 1 atom stereocenters. The third kappa shape index (κ3) is 5.28. The first-order chi connectivity index (χ1) is 15.9. The predicted octanol–water partition coefficient (Wildman–Crippen LogP) is 5.77. The van der Waals surface area contributed by atoms with E-state index in [9.17, 15) is 19.7 Å². The Morgan fingerprint density at radius 1 is 1.06 bits per heavy atom. The fourth-order valence-corrected chi connectivity index (χ4v) is 5.07. The molecular weight excluding hydrogens is 440 g/mol. The van der Waals surface area contributed by atoms with Gasteiger partial charge in [0.05, 0.1) is 4.92 Å². The Labute approximate surface area is 195 Å². The van der Waals surface area contributed by atoms with Crippen LogP contribution in [0.25, 0.3) is 0 Å². The fourth-order valence-electron chi connectivity index (χ4n) is 3.93. The zero-order chi connectivity index (χ0) is 23.4. The highest BCUT2D eigenvalue weighted by Crippen LogP contribution is 2.32. The number of nitrogens with zero attached hydrogens (tertiary/aromatic N) is 1. The topological polar surface area (TPSA) is 98.5 Å². The second kappa shape index (κ2) is 9.95. The molecule has 1 N–H and O–H groups in total. The summed E-state index contributed by atoms with van der Waals surface area (Å²) in [6, 6.07) is 15.1. The van der Waals surface area contributed by atoms with Crippen molar-refractivity contribution in [1.82, 2.24) is 0 Å². The van der Waals surface area contributed by atoms with Crippen LogP contribution >= 0.6 is 11.3 Å². The number of ether oxygens (including phenoxy) is 1. The molecule has 1 aliphatic rings. The van der Waals surface area contributed by atoms with E-state index >= 15 is 0 Å². The van der Waals surface area contributed by atoms with E-state index in [1.165, 1.54) is 40.3 Å². The van der Waals surface area contributed by atoms with E-state index in [-0.39, 0.29) is 11.4 Å². The van der Waals surface area contributed by atoms with Crippen molar-refractivity contribution in [3.63, 3.8) is 0 Å². The molecule has 1 amide bonds. The number of fused-ring (bicyclic) bond motifs is 1. The van der Waals surface area contributed by atoms with Crippen LogP contribution < -0.4 is 5.32 Å². The third-order valence-electron chi connectivity index (χ3n) is 5.62. The van der Waals surface area contributed by atoms with E-state index in [0.29, 0.717) is 16.0 Å². The van der Waals surface area contributed by atoms with Gasteiger partial charge in [-0.25, -0.2) is 4.79 Å². The number of benzene rings is 2. The van der Waals surface area contributed by atoms with Gasteiger partial charge in [-0.05, 0) is 55.9 Å². The van der Waals surface area contributed by atoms with E-state index in [1.807, 2.05) is 6.07 Å². The Kier molecular flexibility index (Phi) is 6.84. The summed E-state index contributed by atoms with van der Waals surface area (Å²) in [4.78, 5) is 38.8. The lowest BCUT2D eigenvalue weighted by Gasteiger charge is -2.18. The Balaban J connectivity index is 1.59. The van der Waals surface area contributed by atoms with E-state index in [0.717, 1.165) is 25.7 Å². The van der Waals surface area contributed by atoms with Gasteiger partial charge < -0.3 is 10.1 Å². The molecule has 0 unspecified atom stereocenters. The number of aryl methyl sites for hydroxylation is 3. The lowest BCUT2D eigenvalue weighted by molar-refractivity contribution is -0.384. The summed E-state index contributed by atoms with van der Waals surface area (Å²) in [6.07, 6.45) is 4.03. The molecule has 33 heavy (non-hydrogen) atoms. The number of nitro groups is 1. The molecule has 2 aromatic carbocycles. The Morgan fingerprint density at radius 2 is 1.82 bits per heavy atom. The normalized spacial score (nSPS) is 14.0. The minimum Gasteiger partial charge on any atom is -0.443 e. The van der Waals surface area contributed by atoms with Crippen molar-refractivity contribution in [2.45, 2.75) is 45.1 Å². The number of anilines is 1. The average molecular weight is 465 g/mol. The Bertz CT molecular complexity index is 1170. The molecule has 0 fully saturated rings. The highest BCUT2D eigenvalue weighted by atomic mass is 32.1. The second-order valence-corrected chi connectivity index (χ2v) is 9.22. The molecule has 0 radical (unpaired) electrons. The van der Waals surface area contributed by atoms with Crippen molar-refractivity contribution in [1.29, 1.82) is 0 Å². The highest BCUT2D eigenvalue weighted by molar-refractivity contribution is 7.14. The first-order valence-electron chi connectivity index (χ1n) is 10.9. The fraction of sp³-hybridized carbons (Fsp3) is 0.280. The molecule has 0 saturated heterocycles. The van der Waals surface area contributed by atoms with Gasteiger partial charge >= 0.3 is 5.97 Å². The zero-order valence-corrected chi connectivity index (χ0v) is 19.0. The van der Waals surface area contributed by atoms with Crippen molar-refractivity contribution in [3.8, 4) is 0 Å². The Hall–Kier alpha value is -3.52. The molecule has 3 aromatic rings. The largest absolute Gasteiger partial charge is 0.443 e. The molecule has 4 rings (SSSR count). The first-order valence-corrected chi connectivity index (χ1v) is 11.7. The van der Waals surface area contributed by atoms with Crippen LogP contribution in [0.1, 0.15) is 56.6 Å². The van der Waals surface area contributed by atoms with Gasteiger partial charge in [0.1, 0.15) is 10.6 Å². The number of thiophene rings is 1. The minimum absolute atomic E-state index is 0.0513. The molecule has 170 valence electrons. The van der Waals surface area contributed by atoms with Crippen LogP contribution in [-0.2, 0) is 22.4 Å². The summed E-state index contributed by atoms with van der Waals surface area (Å²) >= 11 is 1.42. The van der Waals surface area contributed by atoms with E-state index < -0.39 is 22.9 Å². The number of amides is 1. The summed E-state index contributed by atoms with van der Waals surface area (Å²) in [5.74, 6) is -1.23. The van der Waals surface area contributed by atoms with Gasteiger partial charge in [0, 0.05) is 16.5 Å². The van der Waals surface area contributed by atoms with Gasteiger partial charge in [-0.3, -0.25) is 14.9 Å². The van der Waals surface area contributed by atoms with Crippen molar-refractivity contribution < 1.29 is 19.2 Å². The summed E-state index contributed by atoms with van der Waals surface area (Å²) in [5, 5.41) is 14.0. The van der Waals surface area contributed by atoms with Crippen LogP contribution in [0, 0.1) is 17.0 Å². The molecule has 1 aromatic heterocycles.